The molecule has 0 spiro atoms. The van der Waals surface area contributed by atoms with Gasteiger partial charge in [0.15, 0.2) is 23.0 Å². The zero-order chi connectivity index (χ0) is 31.1. The van der Waals surface area contributed by atoms with E-state index in [1.54, 1.807) is 32.1 Å². The first kappa shape index (κ1) is 34.1. The molecule has 1 unspecified atom stereocenters. The normalized spacial score (nSPS) is 11.8. The third kappa shape index (κ3) is 8.93. The average molecular weight is 585 g/mol. The Morgan fingerprint density at radius 2 is 1.17 bits per heavy atom. The molecule has 2 rings (SSSR count). The Kier molecular flexibility index (Phi) is 14.3. The molecule has 1 atom stereocenters. The van der Waals surface area contributed by atoms with Crippen LogP contribution in [0.25, 0.3) is 0 Å². The molecule has 0 saturated carbocycles. The smallest absolute Gasteiger partial charge is 0.336 e. The second kappa shape index (κ2) is 17.6. The van der Waals surface area contributed by atoms with Crippen LogP contribution in [0.1, 0.15) is 72.4 Å². The number of carbonyl (C=O) groups excluding carboxylic acids is 2. The predicted octanol–water partition coefficient (Wildman–Crippen LogP) is 6.99. The highest BCUT2D eigenvalue weighted by molar-refractivity contribution is 5.86. The van der Waals surface area contributed by atoms with E-state index in [9.17, 15) is 9.59 Å². The van der Waals surface area contributed by atoms with E-state index in [-0.39, 0.29) is 17.4 Å². The molecule has 0 bridgehead atoms. The van der Waals surface area contributed by atoms with Gasteiger partial charge in [0.1, 0.15) is 0 Å². The van der Waals surface area contributed by atoms with Crippen molar-refractivity contribution in [3.63, 3.8) is 0 Å². The number of allylic oxidation sites excluding steroid dienone is 2. The molecular formula is C33H44O9. The van der Waals surface area contributed by atoms with Crippen molar-refractivity contribution in [3.05, 3.63) is 53.6 Å². The molecule has 0 radical (unpaired) electrons. The Hall–Kier alpha value is -4.14. The summed E-state index contributed by atoms with van der Waals surface area (Å²) < 4.78 is 41.2. The largest absolute Gasteiger partial charge is 0.490 e. The minimum Gasteiger partial charge on any atom is -0.490 e. The number of hydrogen-bond donors (Lipinski definition) is 0. The fourth-order valence-electron chi connectivity index (χ4n) is 4.31. The van der Waals surface area contributed by atoms with Crippen LogP contribution < -0.4 is 33.2 Å². The van der Waals surface area contributed by atoms with Crippen LogP contribution in [0.5, 0.6) is 40.2 Å². The van der Waals surface area contributed by atoms with Crippen molar-refractivity contribution in [2.45, 2.75) is 67.7 Å². The van der Waals surface area contributed by atoms with Gasteiger partial charge in [0.25, 0.3) is 0 Å². The van der Waals surface area contributed by atoms with Crippen molar-refractivity contribution in [2.24, 2.45) is 0 Å². The lowest BCUT2D eigenvalue weighted by Crippen LogP contribution is -2.13. The Morgan fingerprint density at radius 3 is 1.74 bits per heavy atom. The molecule has 0 heterocycles. The van der Waals surface area contributed by atoms with Crippen LogP contribution in [0.2, 0.25) is 0 Å². The molecule has 0 saturated heterocycles. The molecule has 2 aromatic rings. The van der Waals surface area contributed by atoms with Gasteiger partial charge in [0.05, 0.1) is 33.0 Å². The summed E-state index contributed by atoms with van der Waals surface area (Å²) in [4.78, 5) is 24.7. The van der Waals surface area contributed by atoms with E-state index in [4.69, 9.17) is 33.2 Å². The zero-order valence-corrected chi connectivity index (χ0v) is 26.0. The number of esters is 2. The zero-order valence-electron chi connectivity index (χ0n) is 26.0. The van der Waals surface area contributed by atoms with Crippen LogP contribution in [0, 0.1) is 0 Å². The molecule has 2 aromatic carbocycles. The number of carbonyl (C=O) groups is 2. The van der Waals surface area contributed by atoms with Crippen LogP contribution in [-0.2, 0) is 16.0 Å². The van der Waals surface area contributed by atoms with Gasteiger partial charge in [-0.3, -0.25) is 0 Å². The summed E-state index contributed by atoms with van der Waals surface area (Å²) in [6.45, 7) is 16.6. The molecule has 0 aliphatic rings. The quantitative estimate of drug-likeness (QED) is 0.111. The molecule has 0 fully saturated rings. The van der Waals surface area contributed by atoms with Gasteiger partial charge in [-0.15, -0.1) is 0 Å². The van der Waals surface area contributed by atoms with Crippen molar-refractivity contribution in [1.82, 2.24) is 0 Å². The lowest BCUT2D eigenvalue weighted by molar-refractivity contribution is -0.130. The molecule has 0 aliphatic carbocycles. The maximum Gasteiger partial charge on any atom is 0.336 e. The van der Waals surface area contributed by atoms with E-state index >= 15 is 0 Å². The maximum absolute atomic E-state index is 12.4. The lowest BCUT2D eigenvalue weighted by Gasteiger charge is -2.24. The molecule has 230 valence electrons. The highest BCUT2D eigenvalue weighted by Crippen LogP contribution is 2.51. The number of benzene rings is 2. The van der Waals surface area contributed by atoms with E-state index in [2.05, 4.69) is 0 Å². The monoisotopic (exact) mass is 584 g/mol. The second-order valence-corrected chi connectivity index (χ2v) is 8.94. The van der Waals surface area contributed by atoms with E-state index < -0.39 is 11.9 Å². The summed E-state index contributed by atoms with van der Waals surface area (Å²) in [7, 11) is 0. The van der Waals surface area contributed by atoms with Crippen LogP contribution in [0.4, 0.5) is 0 Å². The number of ether oxygens (including phenoxy) is 7. The van der Waals surface area contributed by atoms with Gasteiger partial charge in [-0.05, 0) is 78.5 Å². The summed E-state index contributed by atoms with van der Waals surface area (Å²) >= 11 is 0. The minimum atomic E-state index is -0.553. The van der Waals surface area contributed by atoms with Gasteiger partial charge in [0.2, 0.25) is 17.2 Å². The first-order valence-corrected chi connectivity index (χ1v) is 14.5. The van der Waals surface area contributed by atoms with Gasteiger partial charge >= 0.3 is 11.9 Å². The van der Waals surface area contributed by atoms with Gasteiger partial charge in [0, 0.05) is 17.7 Å². The van der Waals surface area contributed by atoms with Crippen molar-refractivity contribution in [3.8, 4) is 40.2 Å². The third-order valence-electron chi connectivity index (χ3n) is 5.87. The Balaban J connectivity index is 2.70. The maximum atomic E-state index is 12.4. The van der Waals surface area contributed by atoms with E-state index in [1.807, 2.05) is 53.7 Å². The average Bonchev–Trinajstić information content (AvgIpc) is 2.95. The third-order valence-corrected chi connectivity index (χ3v) is 5.87. The topological polar surface area (TPSA) is 98.8 Å². The molecule has 0 amide bonds. The number of hydrogen-bond acceptors (Lipinski definition) is 9. The SMILES string of the molecule is CC=CC(=O)Oc1ccc(CC(C)c2cc(OCC)c(OC(=O)C=CC)c(OCC)c2OCC)c(OCC)c1OCC. The highest BCUT2D eigenvalue weighted by Gasteiger charge is 2.28. The molecule has 9 nitrogen and oxygen atoms in total. The van der Waals surface area contributed by atoms with E-state index in [1.165, 1.54) is 12.2 Å². The molecule has 9 heteroatoms. The van der Waals surface area contributed by atoms with Gasteiger partial charge in [-0.1, -0.05) is 25.1 Å². The van der Waals surface area contributed by atoms with Crippen LogP contribution in [0.3, 0.4) is 0 Å². The predicted molar refractivity (Wildman–Crippen MR) is 162 cm³/mol. The molecule has 42 heavy (non-hydrogen) atoms. The van der Waals surface area contributed by atoms with Crippen LogP contribution >= 0.6 is 0 Å². The first-order chi connectivity index (χ1) is 20.3. The van der Waals surface area contributed by atoms with Crippen molar-refractivity contribution >= 4 is 11.9 Å². The van der Waals surface area contributed by atoms with Crippen molar-refractivity contribution < 1.29 is 42.7 Å². The Labute approximate surface area is 249 Å². The van der Waals surface area contributed by atoms with Crippen molar-refractivity contribution in [1.29, 1.82) is 0 Å². The summed E-state index contributed by atoms with van der Waals surface area (Å²) in [6.07, 6.45) is 6.38. The van der Waals surface area contributed by atoms with Gasteiger partial charge in [-0.2, -0.15) is 0 Å². The molecule has 0 N–H and O–H groups in total. The molecule has 0 aliphatic heterocycles. The van der Waals surface area contributed by atoms with Gasteiger partial charge < -0.3 is 33.2 Å². The minimum absolute atomic E-state index is 0.143. The van der Waals surface area contributed by atoms with Crippen LogP contribution in [-0.4, -0.2) is 45.0 Å². The van der Waals surface area contributed by atoms with Crippen molar-refractivity contribution in [2.75, 3.05) is 33.0 Å². The fraction of sp³-hybridized carbons (Fsp3) is 0.455. The summed E-state index contributed by atoms with van der Waals surface area (Å²) in [6, 6.07) is 5.40. The second-order valence-electron chi connectivity index (χ2n) is 8.94. The Morgan fingerprint density at radius 1 is 0.643 bits per heavy atom. The van der Waals surface area contributed by atoms with E-state index in [0.717, 1.165) is 11.1 Å². The summed E-state index contributed by atoms with van der Waals surface area (Å²) in [5.41, 5.74) is 1.65. The standard InChI is InChI=1S/C33H44O9/c1-9-16-27(34)41-25-19-18-23(29(37-12-4)31(25)39-14-6)20-22(8)24-21-26(36-11-3)32(42-28(35)17-10-2)33(40-15-7)30(24)38-13-5/h9-10,16-19,21-22H,11-15,20H2,1-8H3. The highest BCUT2D eigenvalue weighted by atomic mass is 16.6. The molecule has 0 aromatic heterocycles. The van der Waals surface area contributed by atoms with Gasteiger partial charge in [-0.25, -0.2) is 9.59 Å². The summed E-state index contributed by atoms with van der Waals surface area (Å²) in [5, 5.41) is 0. The first-order valence-electron chi connectivity index (χ1n) is 14.5. The molecular weight excluding hydrogens is 540 g/mol. The van der Waals surface area contributed by atoms with E-state index in [0.29, 0.717) is 68.2 Å². The number of rotatable bonds is 17. The fourth-order valence-corrected chi connectivity index (χ4v) is 4.31. The summed E-state index contributed by atoms with van der Waals surface area (Å²) in [5.74, 6) is 1.25. The van der Waals surface area contributed by atoms with Crippen LogP contribution in [0.15, 0.2) is 42.5 Å². The Bertz CT molecular complexity index is 1250. The lowest BCUT2D eigenvalue weighted by atomic mass is 9.91.